The highest BCUT2D eigenvalue weighted by Gasteiger charge is 2.23. The third-order valence-corrected chi connectivity index (χ3v) is 5.81. The monoisotopic (exact) mass is 389 g/mol. The minimum atomic E-state index is -3.74. The van der Waals surface area contributed by atoms with Crippen molar-refractivity contribution in [3.8, 4) is 5.75 Å². The van der Waals surface area contributed by atoms with E-state index >= 15 is 0 Å². The van der Waals surface area contributed by atoms with E-state index in [0.29, 0.717) is 22.7 Å². The molecule has 2 aromatic carbocycles. The van der Waals surface area contributed by atoms with E-state index in [0.717, 1.165) is 18.4 Å². The minimum Gasteiger partial charge on any atom is -0.496 e. The van der Waals surface area contributed by atoms with Crippen molar-refractivity contribution >= 4 is 27.4 Å². The van der Waals surface area contributed by atoms with E-state index < -0.39 is 10.0 Å². The van der Waals surface area contributed by atoms with Gasteiger partial charge in [0.15, 0.2) is 0 Å². The van der Waals surface area contributed by atoms with Crippen molar-refractivity contribution in [2.24, 2.45) is 0 Å². The summed E-state index contributed by atoms with van der Waals surface area (Å²) in [5, 5.41) is 5.55. The quantitative estimate of drug-likeness (QED) is 0.705. The molecule has 144 valence electrons. The van der Waals surface area contributed by atoms with Gasteiger partial charge in [-0.25, -0.2) is 13.2 Å². The topological polar surface area (TPSA) is 96.5 Å². The molecule has 0 atom stereocenters. The zero-order chi connectivity index (χ0) is 19.6. The molecule has 0 radical (unpaired) electrons. The predicted molar refractivity (Wildman–Crippen MR) is 105 cm³/mol. The summed E-state index contributed by atoms with van der Waals surface area (Å²) in [6.45, 7) is 3.52. The molecule has 0 aliphatic heterocycles. The van der Waals surface area contributed by atoms with Crippen LogP contribution in [0.5, 0.6) is 5.75 Å². The van der Waals surface area contributed by atoms with Gasteiger partial charge in [0.1, 0.15) is 5.75 Å². The lowest BCUT2D eigenvalue weighted by molar-refractivity contribution is 0.251. The van der Waals surface area contributed by atoms with Gasteiger partial charge < -0.3 is 15.4 Å². The number of amides is 2. The summed E-state index contributed by atoms with van der Waals surface area (Å²) in [6, 6.07) is 9.82. The van der Waals surface area contributed by atoms with Crippen molar-refractivity contribution in [2.75, 3.05) is 17.1 Å². The number of carbonyl (C=O) groups excluding carboxylic acids is 1. The molecule has 2 aromatic rings. The average molecular weight is 389 g/mol. The van der Waals surface area contributed by atoms with E-state index in [9.17, 15) is 13.2 Å². The first-order valence-corrected chi connectivity index (χ1v) is 10.1. The number of hydrogen-bond donors (Lipinski definition) is 3. The molecule has 2 amide bonds. The number of hydrogen-bond acceptors (Lipinski definition) is 4. The molecule has 0 spiro atoms. The lowest BCUT2D eigenvalue weighted by atomic mass is 10.1. The Labute approximate surface area is 159 Å². The van der Waals surface area contributed by atoms with Crippen LogP contribution in [0.3, 0.4) is 0 Å². The number of sulfonamides is 1. The van der Waals surface area contributed by atoms with E-state index in [1.165, 1.54) is 0 Å². The Morgan fingerprint density at radius 3 is 2.26 bits per heavy atom. The van der Waals surface area contributed by atoms with E-state index in [1.54, 1.807) is 57.4 Å². The molecule has 1 aliphatic rings. The number of aryl methyl sites for hydroxylation is 2. The number of carbonyl (C=O) groups is 1. The Balaban J connectivity index is 1.72. The lowest BCUT2D eigenvalue weighted by Gasteiger charge is -2.14. The predicted octanol–water partition coefficient (Wildman–Crippen LogP) is 3.40. The van der Waals surface area contributed by atoms with Gasteiger partial charge in [0.25, 0.3) is 10.0 Å². The van der Waals surface area contributed by atoms with Crippen molar-refractivity contribution in [1.29, 1.82) is 0 Å². The molecule has 0 aromatic heterocycles. The van der Waals surface area contributed by atoms with Crippen LogP contribution in [-0.4, -0.2) is 27.6 Å². The van der Waals surface area contributed by atoms with Crippen LogP contribution < -0.4 is 20.1 Å². The van der Waals surface area contributed by atoms with Gasteiger partial charge in [0.2, 0.25) is 0 Å². The first kappa shape index (κ1) is 19.0. The fourth-order valence-corrected chi connectivity index (χ4v) is 4.06. The van der Waals surface area contributed by atoms with Crippen molar-refractivity contribution in [3.05, 3.63) is 47.5 Å². The lowest BCUT2D eigenvalue weighted by Crippen LogP contribution is -2.30. The Hall–Kier alpha value is -2.74. The normalized spacial score (nSPS) is 13.7. The largest absolute Gasteiger partial charge is 0.496 e. The van der Waals surface area contributed by atoms with Crippen LogP contribution in [-0.2, 0) is 10.0 Å². The zero-order valence-electron chi connectivity index (χ0n) is 15.5. The number of nitrogens with one attached hydrogen (secondary N) is 3. The van der Waals surface area contributed by atoms with Crippen LogP contribution in [0.15, 0.2) is 41.3 Å². The highest BCUT2D eigenvalue weighted by atomic mass is 32.2. The molecule has 8 heteroatoms. The summed E-state index contributed by atoms with van der Waals surface area (Å²) in [5.41, 5.74) is 2.34. The second kappa shape index (κ2) is 7.48. The first-order chi connectivity index (χ1) is 12.8. The molecule has 0 saturated heterocycles. The van der Waals surface area contributed by atoms with Crippen molar-refractivity contribution < 1.29 is 17.9 Å². The van der Waals surface area contributed by atoms with Crippen LogP contribution >= 0.6 is 0 Å². The Morgan fingerprint density at radius 2 is 1.67 bits per heavy atom. The fourth-order valence-electron chi connectivity index (χ4n) is 2.68. The number of methoxy groups -OCH3 is 1. The summed E-state index contributed by atoms with van der Waals surface area (Å²) in [7, 11) is -2.19. The third-order valence-electron chi connectivity index (χ3n) is 4.29. The molecular weight excluding hydrogens is 366 g/mol. The highest BCUT2D eigenvalue weighted by molar-refractivity contribution is 7.92. The third kappa shape index (κ3) is 4.71. The van der Waals surface area contributed by atoms with Crippen molar-refractivity contribution in [3.63, 3.8) is 0 Å². The molecule has 7 nitrogen and oxygen atoms in total. The van der Waals surface area contributed by atoms with Crippen molar-refractivity contribution in [2.45, 2.75) is 37.6 Å². The van der Waals surface area contributed by atoms with E-state index in [2.05, 4.69) is 15.4 Å². The van der Waals surface area contributed by atoms with Crippen LogP contribution in [0, 0.1) is 13.8 Å². The molecule has 1 fully saturated rings. The van der Waals surface area contributed by atoms with E-state index in [1.807, 2.05) is 0 Å². The average Bonchev–Trinajstić information content (AvgIpc) is 3.41. The second-order valence-corrected chi connectivity index (χ2v) is 8.29. The number of urea groups is 1. The number of anilines is 2. The second-order valence-electron chi connectivity index (χ2n) is 6.64. The molecule has 0 unspecified atom stereocenters. The molecule has 3 N–H and O–H groups in total. The maximum atomic E-state index is 12.7. The van der Waals surface area contributed by atoms with E-state index in [-0.39, 0.29) is 17.0 Å². The summed E-state index contributed by atoms with van der Waals surface area (Å²) < 4.78 is 33.3. The molecule has 27 heavy (non-hydrogen) atoms. The fraction of sp³-hybridized carbons (Fsp3) is 0.316. The van der Waals surface area contributed by atoms with Crippen LogP contribution in [0.4, 0.5) is 16.2 Å². The van der Waals surface area contributed by atoms with Gasteiger partial charge >= 0.3 is 6.03 Å². The van der Waals surface area contributed by atoms with Gasteiger partial charge in [0, 0.05) is 17.4 Å². The number of rotatable bonds is 6. The summed E-state index contributed by atoms with van der Waals surface area (Å²) in [6.07, 6.45) is 2.02. The van der Waals surface area contributed by atoms with Crippen LogP contribution in [0.2, 0.25) is 0 Å². The van der Waals surface area contributed by atoms with Gasteiger partial charge in [-0.15, -0.1) is 0 Å². The molecule has 0 heterocycles. The SMILES string of the molecule is COc1cc(C)c(S(=O)(=O)Nc2ccc(NC(=O)NC3CC3)cc2)cc1C. The van der Waals surface area contributed by atoms with Crippen LogP contribution in [0.25, 0.3) is 0 Å². The standard InChI is InChI=1S/C19H23N3O4S/c1-12-11-18(13(2)10-17(12)26-3)27(24,25)22-16-8-6-15(7-9-16)21-19(23)20-14-4-5-14/h6-11,14,22H,4-5H2,1-3H3,(H2,20,21,23). The first-order valence-electron chi connectivity index (χ1n) is 8.64. The summed E-state index contributed by atoms with van der Waals surface area (Å²) in [4.78, 5) is 11.9. The Kier molecular flexibility index (Phi) is 5.27. The van der Waals surface area contributed by atoms with Gasteiger partial charge in [-0.2, -0.15) is 0 Å². The molecule has 1 saturated carbocycles. The maximum Gasteiger partial charge on any atom is 0.319 e. The molecular formula is C19H23N3O4S. The van der Waals surface area contributed by atoms with Gasteiger partial charge in [-0.3, -0.25) is 4.72 Å². The summed E-state index contributed by atoms with van der Waals surface area (Å²) in [5.74, 6) is 0.645. The summed E-state index contributed by atoms with van der Waals surface area (Å²) >= 11 is 0. The molecule has 1 aliphatic carbocycles. The number of benzene rings is 2. The Bertz CT molecular complexity index is 952. The molecule has 0 bridgehead atoms. The van der Waals surface area contributed by atoms with Gasteiger partial charge in [-0.1, -0.05) is 0 Å². The molecule has 3 rings (SSSR count). The van der Waals surface area contributed by atoms with Crippen LogP contribution in [0.1, 0.15) is 24.0 Å². The van der Waals surface area contributed by atoms with E-state index in [4.69, 9.17) is 4.74 Å². The van der Waals surface area contributed by atoms with Gasteiger partial charge in [-0.05, 0) is 74.2 Å². The Morgan fingerprint density at radius 1 is 1.04 bits per heavy atom. The highest BCUT2D eigenvalue weighted by Crippen LogP contribution is 2.27. The minimum absolute atomic E-state index is 0.201. The van der Waals surface area contributed by atoms with Gasteiger partial charge in [0.05, 0.1) is 12.0 Å². The maximum absolute atomic E-state index is 12.7. The smallest absolute Gasteiger partial charge is 0.319 e. The zero-order valence-corrected chi connectivity index (χ0v) is 16.3. The number of ether oxygens (including phenoxy) is 1. The van der Waals surface area contributed by atoms with Crippen molar-refractivity contribution in [1.82, 2.24) is 5.32 Å².